The van der Waals surface area contributed by atoms with Crippen LogP contribution in [0.1, 0.15) is 43.9 Å². The fraction of sp³-hybridized carbons (Fsp3) is 0.240. The molecule has 0 saturated heterocycles. The predicted octanol–water partition coefficient (Wildman–Crippen LogP) is 6.06. The van der Waals surface area contributed by atoms with E-state index in [4.69, 9.17) is 0 Å². The van der Waals surface area contributed by atoms with Crippen molar-refractivity contribution in [1.82, 2.24) is 0 Å². The molecule has 0 amide bonds. The van der Waals surface area contributed by atoms with Crippen molar-refractivity contribution in [3.05, 3.63) is 87.5 Å². The van der Waals surface area contributed by atoms with Gasteiger partial charge in [0.05, 0.1) is 16.5 Å². The summed E-state index contributed by atoms with van der Waals surface area (Å²) < 4.78 is 0. The van der Waals surface area contributed by atoms with Crippen LogP contribution < -0.4 is 5.32 Å². The summed E-state index contributed by atoms with van der Waals surface area (Å²) in [6, 6.07) is 18.4. The van der Waals surface area contributed by atoms with Crippen molar-refractivity contribution in [2.45, 2.75) is 32.7 Å². The van der Waals surface area contributed by atoms with E-state index in [0.29, 0.717) is 17.6 Å². The van der Waals surface area contributed by atoms with E-state index in [1.165, 1.54) is 6.07 Å². The number of nitrogens with zero attached hydrogens (tertiary/aromatic N) is 1. The third kappa shape index (κ3) is 2.81. The van der Waals surface area contributed by atoms with Gasteiger partial charge in [0.15, 0.2) is 5.78 Å². The van der Waals surface area contributed by atoms with Crippen molar-refractivity contribution in [2.24, 2.45) is 5.41 Å². The minimum Gasteiger partial charge on any atom is -0.373 e. The van der Waals surface area contributed by atoms with Crippen molar-refractivity contribution < 1.29 is 9.72 Å². The Morgan fingerprint density at radius 1 is 1.00 bits per heavy atom. The van der Waals surface area contributed by atoms with Gasteiger partial charge in [0.25, 0.3) is 5.69 Å². The minimum absolute atomic E-state index is 0.0312. The lowest BCUT2D eigenvalue weighted by Gasteiger charge is -2.40. The maximum absolute atomic E-state index is 13.4. The number of Topliss-reactive ketones (excluding diaryl/α,β-unsaturated/α-hetero) is 1. The smallest absolute Gasteiger partial charge is 0.275 e. The van der Waals surface area contributed by atoms with E-state index in [1.807, 2.05) is 18.2 Å². The Balaban J connectivity index is 1.82. The molecule has 5 nitrogen and oxygen atoms in total. The summed E-state index contributed by atoms with van der Waals surface area (Å²) in [5.74, 6) is 0.0653. The molecule has 1 aliphatic carbocycles. The third-order valence-electron chi connectivity index (χ3n) is 6.18. The molecule has 5 rings (SSSR count). The molecule has 1 unspecified atom stereocenters. The van der Waals surface area contributed by atoms with Crippen LogP contribution in [0, 0.1) is 15.5 Å². The largest absolute Gasteiger partial charge is 0.373 e. The highest BCUT2D eigenvalue weighted by Gasteiger charge is 2.42. The lowest BCUT2D eigenvalue weighted by atomic mass is 9.67. The van der Waals surface area contributed by atoms with Crippen LogP contribution in [-0.2, 0) is 4.79 Å². The zero-order chi connectivity index (χ0) is 21.0. The number of benzene rings is 3. The number of ketones is 1. The molecule has 1 aliphatic heterocycles. The minimum atomic E-state index is -0.529. The van der Waals surface area contributed by atoms with Gasteiger partial charge in [-0.2, -0.15) is 0 Å². The molecule has 0 spiro atoms. The average molecular weight is 398 g/mol. The van der Waals surface area contributed by atoms with Crippen molar-refractivity contribution in [1.29, 1.82) is 0 Å². The molecule has 0 radical (unpaired) electrons. The van der Waals surface area contributed by atoms with Gasteiger partial charge in [0, 0.05) is 29.3 Å². The van der Waals surface area contributed by atoms with Crippen LogP contribution >= 0.6 is 0 Å². The van der Waals surface area contributed by atoms with Crippen LogP contribution in [0.3, 0.4) is 0 Å². The Bertz CT molecular complexity index is 1260. The summed E-state index contributed by atoms with van der Waals surface area (Å²) in [5.41, 5.74) is 4.07. The highest BCUT2D eigenvalue weighted by Crippen LogP contribution is 2.52. The van der Waals surface area contributed by atoms with Crippen molar-refractivity contribution in [3.63, 3.8) is 0 Å². The molecule has 0 bridgehead atoms. The Morgan fingerprint density at radius 2 is 1.73 bits per heavy atom. The van der Waals surface area contributed by atoms with Gasteiger partial charge in [-0.1, -0.05) is 56.3 Å². The molecule has 1 heterocycles. The number of nitrogens with one attached hydrogen (secondary N) is 1. The van der Waals surface area contributed by atoms with Crippen LogP contribution in [0.15, 0.2) is 66.2 Å². The summed E-state index contributed by atoms with van der Waals surface area (Å²) in [7, 11) is 0. The number of nitro benzene ring substituents is 1. The first-order chi connectivity index (χ1) is 14.4. The van der Waals surface area contributed by atoms with Gasteiger partial charge in [0.2, 0.25) is 0 Å². The van der Waals surface area contributed by atoms with Gasteiger partial charge >= 0.3 is 0 Å². The summed E-state index contributed by atoms with van der Waals surface area (Å²) in [6.45, 7) is 4.23. The Hall–Kier alpha value is -3.47. The number of nitro groups is 1. The lowest BCUT2D eigenvalue weighted by molar-refractivity contribution is -0.385. The molecule has 3 aromatic rings. The third-order valence-corrected chi connectivity index (χ3v) is 6.18. The van der Waals surface area contributed by atoms with Gasteiger partial charge in [0.1, 0.15) is 0 Å². The summed E-state index contributed by atoms with van der Waals surface area (Å²) in [6.07, 6.45) is 1.19. The van der Waals surface area contributed by atoms with Gasteiger partial charge < -0.3 is 5.32 Å². The molecule has 0 saturated carbocycles. The number of anilines is 1. The maximum Gasteiger partial charge on any atom is 0.275 e. The second-order valence-electron chi connectivity index (χ2n) is 8.94. The molecule has 1 atom stereocenters. The predicted molar refractivity (Wildman–Crippen MR) is 118 cm³/mol. The lowest BCUT2D eigenvalue weighted by Crippen LogP contribution is -2.33. The van der Waals surface area contributed by atoms with Crippen LogP contribution in [0.4, 0.5) is 11.4 Å². The molecule has 1 N–H and O–H groups in total. The van der Waals surface area contributed by atoms with Gasteiger partial charge in [-0.3, -0.25) is 14.9 Å². The molecule has 0 fully saturated rings. The molecule has 0 aromatic heterocycles. The van der Waals surface area contributed by atoms with E-state index in [9.17, 15) is 14.9 Å². The Labute approximate surface area is 174 Å². The number of carbonyl (C=O) groups is 1. The first-order valence-corrected chi connectivity index (χ1v) is 10.1. The molecule has 2 aliphatic rings. The average Bonchev–Trinajstić information content (AvgIpc) is 2.71. The standard InChI is InChI=1S/C25H22N2O3/c1-25(2)13-18-22-16-8-4-3-7-15(16)11-12-19(22)26-24(23(18)21(28)14-25)17-9-5-6-10-20(17)27(29)30/h3-12,24,26H,13-14H2,1-2H3. The zero-order valence-corrected chi connectivity index (χ0v) is 16.9. The summed E-state index contributed by atoms with van der Waals surface area (Å²) in [4.78, 5) is 24.7. The highest BCUT2D eigenvalue weighted by molar-refractivity contribution is 6.13. The molecule has 3 aromatic carbocycles. The Kier molecular flexibility index (Phi) is 4.03. The molecule has 150 valence electrons. The van der Waals surface area contributed by atoms with E-state index < -0.39 is 6.04 Å². The fourth-order valence-electron chi connectivity index (χ4n) is 4.97. The molecule has 5 heteroatoms. The SMILES string of the molecule is CC1(C)CC(=O)C2=C(C1)c1c(ccc3ccccc13)NC2c1ccccc1[N+](=O)[O-]. The summed E-state index contributed by atoms with van der Waals surface area (Å²) in [5, 5.41) is 17.4. The Morgan fingerprint density at radius 3 is 2.53 bits per heavy atom. The number of para-hydroxylation sites is 1. The highest BCUT2D eigenvalue weighted by atomic mass is 16.6. The monoisotopic (exact) mass is 398 g/mol. The summed E-state index contributed by atoms with van der Waals surface area (Å²) >= 11 is 0. The van der Waals surface area contributed by atoms with Crippen molar-refractivity contribution in [2.75, 3.05) is 5.32 Å². The second-order valence-corrected chi connectivity index (χ2v) is 8.94. The second kappa shape index (κ2) is 6.52. The van der Waals surface area contributed by atoms with E-state index in [1.54, 1.807) is 18.2 Å². The van der Waals surface area contributed by atoms with Crippen LogP contribution in [0.25, 0.3) is 16.3 Å². The van der Waals surface area contributed by atoms with E-state index in [2.05, 4.69) is 37.4 Å². The zero-order valence-electron chi connectivity index (χ0n) is 16.9. The quantitative estimate of drug-likeness (QED) is 0.421. The van der Waals surface area contributed by atoms with Crippen LogP contribution in [-0.4, -0.2) is 10.7 Å². The van der Waals surface area contributed by atoms with E-state index in [-0.39, 0.29) is 21.8 Å². The fourth-order valence-corrected chi connectivity index (χ4v) is 4.97. The number of allylic oxidation sites excluding steroid dienone is 1. The molecular weight excluding hydrogens is 376 g/mol. The molecular formula is C25H22N2O3. The van der Waals surface area contributed by atoms with Gasteiger partial charge in [-0.25, -0.2) is 0 Å². The number of hydrogen-bond acceptors (Lipinski definition) is 4. The normalized spacial score (nSPS) is 19.8. The van der Waals surface area contributed by atoms with Gasteiger partial charge in [-0.15, -0.1) is 0 Å². The van der Waals surface area contributed by atoms with Crippen molar-refractivity contribution >= 4 is 33.5 Å². The number of fused-ring (bicyclic) bond motifs is 4. The molecule has 30 heavy (non-hydrogen) atoms. The first-order valence-electron chi connectivity index (χ1n) is 10.1. The van der Waals surface area contributed by atoms with E-state index >= 15 is 0 Å². The van der Waals surface area contributed by atoms with Crippen LogP contribution in [0.5, 0.6) is 0 Å². The first kappa shape index (κ1) is 18.6. The van der Waals surface area contributed by atoms with Gasteiger partial charge in [-0.05, 0) is 40.3 Å². The number of carbonyl (C=O) groups excluding carboxylic acids is 1. The van der Waals surface area contributed by atoms with Crippen molar-refractivity contribution in [3.8, 4) is 0 Å². The maximum atomic E-state index is 13.4. The number of rotatable bonds is 2. The topological polar surface area (TPSA) is 72.2 Å². The number of hydrogen-bond donors (Lipinski definition) is 1. The van der Waals surface area contributed by atoms with Crippen LogP contribution in [0.2, 0.25) is 0 Å². The van der Waals surface area contributed by atoms with E-state index in [0.717, 1.165) is 34.0 Å².